The average molecular weight is 154 g/mol. The Bertz CT molecular complexity index is 278. The van der Waals surface area contributed by atoms with Crippen LogP contribution >= 0.6 is 0 Å². The van der Waals surface area contributed by atoms with E-state index in [-0.39, 0.29) is 5.91 Å². The maximum atomic E-state index is 11.0. The van der Waals surface area contributed by atoms with Crippen molar-refractivity contribution >= 4 is 5.91 Å². The molecule has 1 amide bonds. The second kappa shape index (κ2) is 2.74. The van der Waals surface area contributed by atoms with Gasteiger partial charge in [-0.25, -0.2) is 4.98 Å². The zero-order chi connectivity index (χ0) is 8.43. The van der Waals surface area contributed by atoms with Gasteiger partial charge >= 0.3 is 0 Å². The molecule has 0 unspecified atom stereocenters. The van der Waals surface area contributed by atoms with Gasteiger partial charge in [-0.1, -0.05) is 0 Å². The van der Waals surface area contributed by atoms with Gasteiger partial charge in [0.25, 0.3) is 5.91 Å². The van der Waals surface area contributed by atoms with E-state index in [0.29, 0.717) is 17.3 Å². The summed E-state index contributed by atoms with van der Waals surface area (Å²) in [5, 5.41) is 2.47. The zero-order valence-electron chi connectivity index (χ0n) is 6.76. The van der Waals surface area contributed by atoms with Crippen LogP contribution in [0.1, 0.15) is 22.1 Å². The number of hydrogen-bond donors (Lipinski definition) is 1. The highest BCUT2D eigenvalue weighted by Gasteiger charge is 2.12. The van der Waals surface area contributed by atoms with Crippen LogP contribution in [0.4, 0.5) is 0 Å². The van der Waals surface area contributed by atoms with E-state index in [2.05, 4.69) is 10.3 Å². The molecule has 0 spiro atoms. The number of nitrogens with one attached hydrogen (secondary N) is 1. The van der Waals surface area contributed by atoms with E-state index in [1.54, 1.807) is 20.9 Å². The molecule has 1 aromatic rings. The smallest absolute Gasteiger partial charge is 0.273 e. The first kappa shape index (κ1) is 7.78. The highest BCUT2D eigenvalue weighted by molar-refractivity contribution is 5.92. The number of amides is 1. The molecular formula is C7H10N2O2. The number of hydrogen-bond acceptors (Lipinski definition) is 3. The summed E-state index contributed by atoms with van der Waals surface area (Å²) in [7, 11) is 1.56. The number of rotatable bonds is 1. The van der Waals surface area contributed by atoms with E-state index in [1.165, 1.54) is 0 Å². The van der Waals surface area contributed by atoms with Gasteiger partial charge in [-0.15, -0.1) is 0 Å². The second-order valence-corrected chi connectivity index (χ2v) is 2.22. The predicted molar refractivity (Wildman–Crippen MR) is 39.4 cm³/mol. The fourth-order valence-electron chi connectivity index (χ4n) is 0.858. The SMILES string of the molecule is CNC(=O)c1nc(C)oc1C. The highest BCUT2D eigenvalue weighted by atomic mass is 16.4. The number of carbonyl (C=O) groups excluding carboxylic acids is 1. The molecule has 1 N–H and O–H groups in total. The third-order valence-electron chi connectivity index (χ3n) is 1.35. The van der Waals surface area contributed by atoms with Gasteiger partial charge in [-0.3, -0.25) is 4.79 Å². The van der Waals surface area contributed by atoms with Gasteiger partial charge in [0, 0.05) is 14.0 Å². The summed E-state index contributed by atoms with van der Waals surface area (Å²) in [6.07, 6.45) is 0. The standard InChI is InChI=1S/C7H10N2O2/c1-4-6(7(10)8-3)9-5(2)11-4/h1-3H3,(H,8,10). The van der Waals surface area contributed by atoms with E-state index in [9.17, 15) is 4.79 Å². The van der Waals surface area contributed by atoms with E-state index in [1.807, 2.05) is 0 Å². The van der Waals surface area contributed by atoms with Crippen LogP contribution in [0.5, 0.6) is 0 Å². The fraction of sp³-hybridized carbons (Fsp3) is 0.429. The molecule has 0 aliphatic rings. The maximum Gasteiger partial charge on any atom is 0.273 e. The molecule has 60 valence electrons. The average Bonchev–Trinajstić information content (AvgIpc) is 2.28. The Morgan fingerprint density at radius 2 is 2.18 bits per heavy atom. The molecule has 1 heterocycles. The van der Waals surface area contributed by atoms with Crippen molar-refractivity contribution in [1.29, 1.82) is 0 Å². The van der Waals surface area contributed by atoms with Crippen molar-refractivity contribution < 1.29 is 9.21 Å². The molecule has 0 aromatic carbocycles. The van der Waals surface area contributed by atoms with Crippen LogP contribution in [0.3, 0.4) is 0 Å². The minimum atomic E-state index is -0.209. The maximum absolute atomic E-state index is 11.0. The lowest BCUT2D eigenvalue weighted by atomic mass is 10.3. The number of nitrogens with zero attached hydrogens (tertiary/aromatic N) is 1. The van der Waals surface area contributed by atoms with Crippen molar-refractivity contribution in [1.82, 2.24) is 10.3 Å². The Morgan fingerprint density at radius 3 is 2.55 bits per heavy atom. The minimum Gasteiger partial charge on any atom is -0.445 e. The molecule has 4 heteroatoms. The third-order valence-corrected chi connectivity index (χ3v) is 1.35. The Morgan fingerprint density at radius 1 is 1.55 bits per heavy atom. The molecule has 11 heavy (non-hydrogen) atoms. The van der Waals surface area contributed by atoms with Crippen LogP contribution in [0.15, 0.2) is 4.42 Å². The topological polar surface area (TPSA) is 55.1 Å². The zero-order valence-corrected chi connectivity index (χ0v) is 6.76. The summed E-state index contributed by atoms with van der Waals surface area (Å²) in [6.45, 7) is 3.42. The number of aromatic nitrogens is 1. The monoisotopic (exact) mass is 154 g/mol. The lowest BCUT2D eigenvalue weighted by molar-refractivity contribution is 0.0957. The molecule has 0 saturated carbocycles. The molecule has 0 bridgehead atoms. The molecule has 1 rings (SSSR count). The van der Waals surface area contributed by atoms with Crippen LogP contribution in [0.25, 0.3) is 0 Å². The molecule has 0 aliphatic heterocycles. The van der Waals surface area contributed by atoms with Crippen molar-refractivity contribution in [2.45, 2.75) is 13.8 Å². The summed E-state index contributed by atoms with van der Waals surface area (Å²) in [6, 6.07) is 0. The van der Waals surface area contributed by atoms with Gasteiger partial charge in [-0.2, -0.15) is 0 Å². The van der Waals surface area contributed by atoms with Gasteiger partial charge in [0.1, 0.15) is 5.76 Å². The van der Waals surface area contributed by atoms with E-state index in [0.717, 1.165) is 0 Å². The summed E-state index contributed by atoms with van der Waals surface area (Å²) < 4.78 is 5.07. The lowest BCUT2D eigenvalue weighted by Crippen LogP contribution is -2.19. The predicted octanol–water partition coefficient (Wildman–Crippen LogP) is 0.651. The molecule has 0 radical (unpaired) electrons. The molecular weight excluding hydrogens is 144 g/mol. The van der Waals surface area contributed by atoms with Crippen molar-refractivity contribution in [3.63, 3.8) is 0 Å². The molecule has 0 fully saturated rings. The Kier molecular flexibility index (Phi) is 1.94. The number of oxazole rings is 1. The van der Waals surface area contributed by atoms with Crippen molar-refractivity contribution in [3.8, 4) is 0 Å². The van der Waals surface area contributed by atoms with E-state index < -0.39 is 0 Å². The van der Waals surface area contributed by atoms with E-state index in [4.69, 9.17) is 4.42 Å². The number of carbonyl (C=O) groups is 1. The fourth-order valence-corrected chi connectivity index (χ4v) is 0.858. The van der Waals surface area contributed by atoms with E-state index >= 15 is 0 Å². The van der Waals surface area contributed by atoms with Gasteiger partial charge in [0.15, 0.2) is 11.6 Å². The minimum absolute atomic E-state index is 0.209. The van der Waals surface area contributed by atoms with Crippen molar-refractivity contribution in [2.24, 2.45) is 0 Å². The first-order chi connectivity index (χ1) is 5.15. The quantitative estimate of drug-likeness (QED) is 0.646. The van der Waals surface area contributed by atoms with Crippen LogP contribution in [-0.2, 0) is 0 Å². The first-order valence-electron chi connectivity index (χ1n) is 3.31. The van der Waals surface area contributed by atoms with Gasteiger partial charge in [-0.05, 0) is 6.92 Å². The van der Waals surface area contributed by atoms with Crippen LogP contribution in [0, 0.1) is 13.8 Å². The Hall–Kier alpha value is -1.32. The molecule has 4 nitrogen and oxygen atoms in total. The second-order valence-electron chi connectivity index (χ2n) is 2.22. The first-order valence-corrected chi connectivity index (χ1v) is 3.31. The Balaban J connectivity index is 3.03. The lowest BCUT2D eigenvalue weighted by Gasteiger charge is -1.92. The highest BCUT2D eigenvalue weighted by Crippen LogP contribution is 2.07. The van der Waals surface area contributed by atoms with Gasteiger partial charge < -0.3 is 9.73 Å². The molecule has 0 aliphatic carbocycles. The summed E-state index contributed by atoms with van der Waals surface area (Å²) in [5.74, 6) is 0.863. The Labute approximate surface area is 64.6 Å². The van der Waals surface area contributed by atoms with Crippen molar-refractivity contribution in [2.75, 3.05) is 7.05 Å². The summed E-state index contributed by atoms with van der Waals surface area (Å²) in [4.78, 5) is 14.9. The van der Waals surface area contributed by atoms with Crippen molar-refractivity contribution in [3.05, 3.63) is 17.3 Å². The molecule has 0 atom stereocenters. The normalized spacial score (nSPS) is 9.73. The van der Waals surface area contributed by atoms with Crippen LogP contribution in [0.2, 0.25) is 0 Å². The molecule has 0 saturated heterocycles. The molecule has 1 aromatic heterocycles. The van der Waals surface area contributed by atoms with Crippen LogP contribution < -0.4 is 5.32 Å². The van der Waals surface area contributed by atoms with Gasteiger partial charge in [0.2, 0.25) is 0 Å². The number of aryl methyl sites for hydroxylation is 2. The summed E-state index contributed by atoms with van der Waals surface area (Å²) in [5.41, 5.74) is 0.366. The largest absolute Gasteiger partial charge is 0.445 e. The summed E-state index contributed by atoms with van der Waals surface area (Å²) >= 11 is 0. The van der Waals surface area contributed by atoms with Gasteiger partial charge in [0.05, 0.1) is 0 Å². The third kappa shape index (κ3) is 1.39. The van der Waals surface area contributed by atoms with Crippen LogP contribution in [-0.4, -0.2) is 17.9 Å².